The van der Waals surface area contributed by atoms with E-state index in [1.807, 2.05) is 19.9 Å². The molecular weight excluding hydrogens is 276 g/mol. The summed E-state index contributed by atoms with van der Waals surface area (Å²) in [5.41, 5.74) is 0.362. The van der Waals surface area contributed by atoms with E-state index in [1.165, 1.54) is 0 Å². The summed E-state index contributed by atoms with van der Waals surface area (Å²) in [6.07, 6.45) is 1.78. The van der Waals surface area contributed by atoms with Crippen LogP contribution in [0.3, 0.4) is 0 Å². The van der Waals surface area contributed by atoms with E-state index in [9.17, 15) is 4.79 Å². The van der Waals surface area contributed by atoms with Crippen LogP contribution in [0.1, 0.15) is 26.7 Å². The summed E-state index contributed by atoms with van der Waals surface area (Å²) in [6, 6.07) is 5.35. The largest absolute Gasteiger partial charge is 0.492 e. The Morgan fingerprint density at radius 1 is 1.55 bits per heavy atom. The summed E-state index contributed by atoms with van der Waals surface area (Å²) < 4.78 is 5.51. The minimum atomic E-state index is -0.343. The lowest BCUT2D eigenvalue weighted by atomic mass is 9.89. The van der Waals surface area contributed by atoms with Gasteiger partial charge in [0.15, 0.2) is 0 Å². The van der Waals surface area contributed by atoms with Crippen LogP contribution in [0, 0.1) is 5.41 Å². The lowest BCUT2D eigenvalue weighted by Gasteiger charge is -2.21. The van der Waals surface area contributed by atoms with Crippen molar-refractivity contribution in [3.8, 4) is 5.75 Å². The van der Waals surface area contributed by atoms with Gasteiger partial charge in [-0.3, -0.25) is 4.79 Å². The van der Waals surface area contributed by atoms with Crippen LogP contribution >= 0.6 is 11.6 Å². The Hall–Kier alpha value is -1.26. The molecule has 2 rings (SSSR count). The van der Waals surface area contributed by atoms with Crippen molar-refractivity contribution in [2.24, 2.45) is 5.41 Å². The number of benzene rings is 1. The Balaban J connectivity index is 2.03. The molecule has 1 heterocycles. The quantitative estimate of drug-likeness (QED) is 0.878. The predicted molar refractivity (Wildman–Crippen MR) is 81.5 cm³/mol. The topological polar surface area (TPSA) is 50.4 Å². The van der Waals surface area contributed by atoms with Crippen LogP contribution in [-0.2, 0) is 4.79 Å². The van der Waals surface area contributed by atoms with Crippen molar-refractivity contribution in [2.75, 3.05) is 25.0 Å². The van der Waals surface area contributed by atoms with Crippen LogP contribution in [0.5, 0.6) is 5.75 Å². The zero-order valence-electron chi connectivity index (χ0n) is 12.0. The van der Waals surface area contributed by atoms with Crippen LogP contribution in [-0.4, -0.2) is 25.6 Å². The molecule has 2 N–H and O–H groups in total. The number of carbonyl (C=O) groups is 1. The van der Waals surface area contributed by atoms with Crippen LogP contribution in [0.15, 0.2) is 18.2 Å². The van der Waals surface area contributed by atoms with Gasteiger partial charge in [-0.2, -0.15) is 0 Å². The highest BCUT2D eigenvalue weighted by Crippen LogP contribution is 2.30. The van der Waals surface area contributed by atoms with Gasteiger partial charge in [0.05, 0.1) is 17.0 Å². The molecule has 1 unspecified atom stereocenters. The number of nitrogens with one attached hydrogen (secondary N) is 2. The number of ether oxygens (including phenoxy) is 1. The van der Waals surface area contributed by atoms with E-state index in [0.717, 1.165) is 19.4 Å². The molecule has 1 saturated heterocycles. The van der Waals surface area contributed by atoms with Gasteiger partial charge in [0.1, 0.15) is 5.75 Å². The number of anilines is 1. The molecule has 0 bridgehead atoms. The van der Waals surface area contributed by atoms with E-state index < -0.39 is 0 Å². The SMILES string of the molecule is CCCOc1ccc(NC(=O)C2(C)CCNC2)cc1Cl. The van der Waals surface area contributed by atoms with Gasteiger partial charge in [-0.15, -0.1) is 0 Å². The third kappa shape index (κ3) is 3.44. The van der Waals surface area contributed by atoms with Crippen LogP contribution in [0.25, 0.3) is 0 Å². The average Bonchev–Trinajstić information content (AvgIpc) is 2.86. The van der Waals surface area contributed by atoms with E-state index in [4.69, 9.17) is 16.3 Å². The van der Waals surface area contributed by atoms with Crippen molar-refractivity contribution in [1.29, 1.82) is 0 Å². The maximum Gasteiger partial charge on any atom is 0.231 e. The molecule has 0 spiro atoms. The molecule has 0 aliphatic carbocycles. The minimum absolute atomic E-state index is 0.0285. The third-order valence-electron chi connectivity index (χ3n) is 3.57. The maximum absolute atomic E-state index is 12.3. The van der Waals surface area contributed by atoms with Gasteiger partial charge in [-0.25, -0.2) is 0 Å². The monoisotopic (exact) mass is 296 g/mol. The molecule has 1 amide bonds. The summed E-state index contributed by atoms with van der Waals surface area (Å²) in [7, 11) is 0. The minimum Gasteiger partial charge on any atom is -0.492 e. The molecule has 0 aromatic heterocycles. The number of hydrogen-bond acceptors (Lipinski definition) is 3. The van der Waals surface area contributed by atoms with E-state index >= 15 is 0 Å². The zero-order valence-corrected chi connectivity index (χ0v) is 12.7. The molecule has 0 saturated carbocycles. The Bertz CT molecular complexity index is 485. The zero-order chi connectivity index (χ0) is 14.6. The van der Waals surface area contributed by atoms with Crippen LogP contribution < -0.4 is 15.4 Å². The Morgan fingerprint density at radius 2 is 2.35 bits per heavy atom. The molecule has 0 radical (unpaired) electrons. The van der Waals surface area contributed by atoms with Crippen molar-refractivity contribution in [3.05, 3.63) is 23.2 Å². The van der Waals surface area contributed by atoms with Crippen LogP contribution in [0.2, 0.25) is 5.02 Å². The van der Waals surface area contributed by atoms with Gasteiger partial charge in [0, 0.05) is 12.2 Å². The van der Waals surface area contributed by atoms with Gasteiger partial charge in [0.2, 0.25) is 5.91 Å². The van der Waals surface area contributed by atoms with E-state index in [2.05, 4.69) is 10.6 Å². The van der Waals surface area contributed by atoms with Crippen molar-refractivity contribution in [3.63, 3.8) is 0 Å². The molecule has 1 fully saturated rings. The Labute approximate surface area is 124 Å². The lowest BCUT2D eigenvalue weighted by molar-refractivity contribution is -0.123. The molecule has 1 aliphatic heterocycles. The fourth-order valence-electron chi connectivity index (χ4n) is 2.20. The van der Waals surface area contributed by atoms with Gasteiger partial charge >= 0.3 is 0 Å². The van der Waals surface area contributed by atoms with Gasteiger partial charge in [0.25, 0.3) is 0 Å². The number of halogens is 1. The number of hydrogen-bond donors (Lipinski definition) is 2. The average molecular weight is 297 g/mol. The second-order valence-corrected chi connectivity index (χ2v) is 5.84. The number of amides is 1. The van der Waals surface area contributed by atoms with E-state index in [0.29, 0.717) is 29.6 Å². The second-order valence-electron chi connectivity index (χ2n) is 5.44. The van der Waals surface area contributed by atoms with Gasteiger partial charge < -0.3 is 15.4 Å². The van der Waals surface area contributed by atoms with E-state index in [1.54, 1.807) is 12.1 Å². The van der Waals surface area contributed by atoms with Gasteiger partial charge in [-0.1, -0.05) is 18.5 Å². The van der Waals surface area contributed by atoms with Crippen molar-refractivity contribution >= 4 is 23.2 Å². The molecule has 20 heavy (non-hydrogen) atoms. The molecular formula is C15H21ClN2O2. The van der Waals surface area contributed by atoms with Crippen molar-refractivity contribution in [2.45, 2.75) is 26.7 Å². The standard InChI is InChI=1S/C15H21ClN2O2/c1-3-8-20-13-5-4-11(9-12(13)16)18-14(19)15(2)6-7-17-10-15/h4-5,9,17H,3,6-8,10H2,1-2H3,(H,18,19). The van der Waals surface area contributed by atoms with Crippen molar-refractivity contribution in [1.82, 2.24) is 5.32 Å². The first kappa shape index (κ1) is 15.1. The fourth-order valence-corrected chi connectivity index (χ4v) is 2.44. The summed E-state index contributed by atoms with van der Waals surface area (Å²) in [5.74, 6) is 0.682. The molecule has 1 aromatic carbocycles. The van der Waals surface area contributed by atoms with E-state index in [-0.39, 0.29) is 11.3 Å². The number of rotatable bonds is 5. The Morgan fingerprint density at radius 3 is 2.95 bits per heavy atom. The first-order valence-corrected chi connectivity index (χ1v) is 7.37. The summed E-state index contributed by atoms with van der Waals surface area (Å²) in [5, 5.41) is 6.67. The highest BCUT2D eigenvalue weighted by Gasteiger charge is 2.36. The summed E-state index contributed by atoms with van der Waals surface area (Å²) in [6.45, 7) is 6.25. The third-order valence-corrected chi connectivity index (χ3v) is 3.86. The van der Waals surface area contributed by atoms with Gasteiger partial charge in [-0.05, 0) is 44.5 Å². The molecule has 1 aromatic rings. The summed E-state index contributed by atoms with van der Waals surface area (Å²) in [4.78, 5) is 12.3. The second kappa shape index (κ2) is 6.46. The normalized spacial score (nSPS) is 21.8. The molecule has 5 heteroatoms. The first-order chi connectivity index (χ1) is 9.55. The fraction of sp³-hybridized carbons (Fsp3) is 0.533. The lowest BCUT2D eigenvalue weighted by Crippen LogP contribution is -2.35. The first-order valence-electron chi connectivity index (χ1n) is 7.00. The highest BCUT2D eigenvalue weighted by molar-refractivity contribution is 6.32. The molecule has 110 valence electrons. The molecule has 4 nitrogen and oxygen atoms in total. The van der Waals surface area contributed by atoms with Crippen LogP contribution in [0.4, 0.5) is 5.69 Å². The number of carbonyl (C=O) groups excluding carboxylic acids is 1. The maximum atomic E-state index is 12.3. The molecule has 1 aliphatic rings. The highest BCUT2D eigenvalue weighted by atomic mass is 35.5. The smallest absolute Gasteiger partial charge is 0.231 e. The predicted octanol–water partition coefficient (Wildman–Crippen LogP) is 3.07. The Kier molecular flexibility index (Phi) is 4.89. The molecule has 1 atom stereocenters. The van der Waals surface area contributed by atoms with Crippen molar-refractivity contribution < 1.29 is 9.53 Å². The summed E-state index contributed by atoms with van der Waals surface area (Å²) >= 11 is 6.15.